The molecular weight excluding hydrogens is 274 g/mol. The minimum Gasteiger partial charge on any atom is -0.486 e. The van der Waals surface area contributed by atoms with Crippen molar-refractivity contribution in [3.8, 4) is 11.5 Å². The zero-order valence-corrected chi connectivity index (χ0v) is 12.6. The van der Waals surface area contributed by atoms with Gasteiger partial charge in [0.05, 0.1) is 10.8 Å². The highest BCUT2D eigenvalue weighted by molar-refractivity contribution is 7.85. The van der Waals surface area contributed by atoms with Crippen molar-refractivity contribution in [2.75, 3.05) is 25.5 Å². The number of benzene rings is 1. The second-order valence-electron chi connectivity index (χ2n) is 5.32. The lowest BCUT2D eigenvalue weighted by molar-refractivity contribution is 0.171. The first kappa shape index (κ1) is 13.9. The van der Waals surface area contributed by atoms with E-state index in [0.717, 1.165) is 17.2 Å². The van der Waals surface area contributed by atoms with Gasteiger partial charge in [-0.15, -0.1) is 0 Å². The van der Waals surface area contributed by atoms with Crippen LogP contribution in [0, 0.1) is 5.92 Å². The summed E-state index contributed by atoms with van der Waals surface area (Å²) in [4.78, 5) is 0.831. The molecule has 110 valence electrons. The van der Waals surface area contributed by atoms with Crippen LogP contribution in [0.3, 0.4) is 0 Å². The van der Waals surface area contributed by atoms with E-state index >= 15 is 0 Å². The van der Waals surface area contributed by atoms with Crippen molar-refractivity contribution < 1.29 is 13.7 Å². The van der Waals surface area contributed by atoms with E-state index in [9.17, 15) is 4.21 Å². The molecule has 0 aromatic heterocycles. The molecule has 0 amide bonds. The van der Waals surface area contributed by atoms with Crippen LogP contribution in [0.5, 0.6) is 11.5 Å². The van der Waals surface area contributed by atoms with E-state index in [0.29, 0.717) is 36.7 Å². The molecule has 1 aliphatic carbocycles. The van der Waals surface area contributed by atoms with E-state index in [-0.39, 0.29) is 0 Å². The maximum absolute atomic E-state index is 12.5. The van der Waals surface area contributed by atoms with E-state index in [1.54, 1.807) is 0 Å². The van der Waals surface area contributed by atoms with Gasteiger partial charge in [0.15, 0.2) is 11.5 Å². The third kappa shape index (κ3) is 3.15. The molecule has 1 aromatic rings. The average Bonchev–Trinajstić information content (AvgIpc) is 3.31. The molecule has 0 radical (unpaired) electrons. The molecule has 2 atom stereocenters. The van der Waals surface area contributed by atoms with Gasteiger partial charge in [-0.1, -0.05) is 6.92 Å². The second-order valence-corrected chi connectivity index (χ2v) is 6.82. The van der Waals surface area contributed by atoms with Gasteiger partial charge in [0.2, 0.25) is 0 Å². The molecule has 2 unspecified atom stereocenters. The third-order valence-electron chi connectivity index (χ3n) is 3.76. The Morgan fingerprint density at radius 3 is 2.75 bits per heavy atom. The van der Waals surface area contributed by atoms with Gasteiger partial charge in [0.1, 0.15) is 13.2 Å². The topological polar surface area (TPSA) is 47.6 Å². The highest BCUT2D eigenvalue weighted by atomic mass is 32.2. The van der Waals surface area contributed by atoms with Crippen LogP contribution < -0.4 is 14.8 Å². The number of nitrogens with one attached hydrogen (secondary N) is 1. The van der Waals surface area contributed by atoms with Crippen molar-refractivity contribution in [1.82, 2.24) is 5.32 Å². The SMILES string of the molecule is CCNC(CS(=O)c1ccc2c(c1)OCCO2)C1CC1. The quantitative estimate of drug-likeness (QED) is 0.871. The molecule has 1 fully saturated rings. The first-order valence-corrected chi connectivity index (χ1v) is 8.61. The van der Waals surface area contributed by atoms with Crippen molar-refractivity contribution in [2.24, 2.45) is 5.92 Å². The number of rotatable bonds is 6. The molecular formula is C15H21NO3S. The van der Waals surface area contributed by atoms with Gasteiger partial charge in [-0.2, -0.15) is 0 Å². The fourth-order valence-corrected chi connectivity index (χ4v) is 3.91. The maximum Gasteiger partial charge on any atom is 0.162 e. The zero-order valence-electron chi connectivity index (χ0n) is 11.8. The molecule has 0 bridgehead atoms. The van der Waals surface area contributed by atoms with Crippen LogP contribution in [0.1, 0.15) is 19.8 Å². The van der Waals surface area contributed by atoms with Gasteiger partial charge in [-0.25, -0.2) is 0 Å². The number of hydrogen-bond acceptors (Lipinski definition) is 4. The van der Waals surface area contributed by atoms with E-state index in [4.69, 9.17) is 9.47 Å². The number of ether oxygens (including phenoxy) is 2. The van der Waals surface area contributed by atoms with Gasteiger partial charge in [-0.3, -0.25) is 4.21 Å². The summed E-state index contributed by atoms with van der Waals surface area (Å²) in [5.41, 5.74) is 0. The average molecular weight is 295 g/mol. The fraction of sp³-hybridized carbons (Fsp3) is 0.600. The summed E-state index contributed by atoms with van der Waals surface area (Å²) in [7, 11) is -0.992. The largest absolute Gasteiger partial charge is 0.486 e. The van der Waals surface area contributed by atoms with Crippen LogP contribution in [0.4, 0.5) is 0 Å². The van der Waals surface area contributed by atoms with E-state index in [2.05, 4.69) is 12.2 Å². The van der Waals surface area contributed by atoms with Crippen LogP contribution in [0.15, 0.2) is 23.1 Å². The first-order chi connectivity index (χ1) is 9.78. The van der Waals surface area contributed by atoms with Gasteiger partial charge < -0.3 is 14.8 Å². The lowest BCUT2D eigenvalue weighted by atomic mass is 10.2. The summed E-state index contributed by atoms with van der Waals surface area (Å²) in [5.74, 6) is 2.85. The minimum atomic E-state index is -0.992. The summed E-state index contributed by atoms with van der Waals surface area (Å²) < 4.78 is 23.6. The highest BCUT2D eigenvalue weighted by Gasteiger charge is 2.32. The lowest BCUT2D eigenvalue weighted by Gasteiger charge is -2.20. The van der Waals surface area contributed by atoms with Gasteiger partial charge in [-0.05, 0) is 37.4 Å². The van der Waals surface area contributed by atoms with Crippen molar-refractivity contribution in [1.29, 1.82) is 0 Å². The van der Waals surface area contributed by atoms with Gasteiger partial charge in [0, 0.05) is 22.8 Å². The van der Waals surface area contributed by atoms with Crippen LogP contribution in [-0.2, 0) is 10.8 Å². The molecule has 4 nitrogen and oxygen atoms in total. The molecule has 5 heteroatoms. The highest BCUT2D eigenvalue weighted by Crippen LogP contribution is 2.35. The summed E-state index contributed by atoms with van der Waals surface area (Å²) >= 11 is 0. The van der Waals surface area contributed by atoms with E-state index in [1.165, 1.54) is 12.8 Å². The smallest absolute Gasteiger partial charge is 0.162 e. The predicted molar refractivity (Wildman–Crippen MR) is 78.9 cm³/mol. The molecule has 0 saturated heterocycles. The number of fused-ring (bicyclic) bond motifs is 1. The minimum absolute atomic E-state index is 0.369. The molecule has 2 aliphatic rings. The molecule has 0 spiro atoms. The Bertz CT molecular complexity index is 502. The first-order valence-electron chi connectivity index (χ1n) is 7.29. The molecule has 3 rings (SSSR count). The molecule has 1 aliphatic heterocycles. The van der Waals surface area contributed by atoms with Crippen LogP contribution >= 0.6 is 0 Å². The Kier molecular flexibility index (Phi) is 4.27. The monoisotopic (exact) mass is 295 g/mol. The number of hydrogen-bond donors (Lipinski definition) is 1. The zero-order chi connectivity index (χ0) is 13.9. The van der Waals surface area contributed by atoms with Crippen molar-refractivity contribution >= 4 is 10.8 Å². The van der Waals surface area contributed by atoms with Gasteiger partial charge in [0.25, 0.3) is 0 Å². The Labute approximate surface area is 122 Å². The molecule has 1 aromatic carbocycles. The van der Waals surface area contributed by atoms with Crippen LogP contribution in [-0.4, -0.2) is 35.8 Å². The summed E-state index contributed by atoms with van der Waals surface area (Å²) in [6.07, 6.45) is 2.52. The van der Waals surface area contributed by atoms with Gasteiger partial charge >= 0.3 is 0 Å². The lowest BCUT2D eigenvalue weighted by Crippen LogP contribution is -2.35. The van der Waals surface area contributed by atoms with Crippen molar-refractivity contribution in [3.05, 3.63) is 18.2 Å². The predicted octanol–water partition coefficient (Wildman–Crippen LogP) is 1.95. The second kappa shape index (κ2) is 6.14. The Balaban J connectivity index is 1.69. The molecule has 1 N–H and O–H groups in total. The summed E-state index contributed by atoms with van der Waals surface area (Å²) in [6.45, 7) is 4.17. The van der Waals surface area contributed by atoms with Crippen LogP contribution in [0.2, 0.25) is 0 Å². The fourth-order valence-electron chi connectivity index (χ4n) is 2.55. The van der Waals surface area contributed by atoms with Crippen molar-refractivity contribution in [2.45, 2.75) is 30.7 Å². The third-order valence-corrected chi connectivity index (χ3v) is 5.21. The standard InChI is InChI=1S/C15H21NO3S/c1-2-16-13(11-3-4-11)10-20(17)12-5-6-14-15(9-12)19-8-7-18-14/h5-6,9,11,13,16H,2-4,7-8,10H2,1H3. The van der Waals surface area contributed by atoms with E-state index in [1.807, 2.05) is 18.2 Å². The normalized spacial score (nSPS) is 20.4. The molecule has 1 saturated carbocycles. The Hall–Kier alpha value is -1.07. The summed E-state index contributed by atoms with van der Waals surface area (Å²) in [6, 6.07) is 5.98. The molecule has 1 heterocycles. The Morgan fingerprint density at radius 2 is 2.05 bits per heavy atom. The maximum atomic E-state index is 12.5. The summed E-state index contributed by atoms with van der Waals surface area (Å²) in [5, 5.41) is 3.46. The van der Waals surface area contributed by atoms with E-state index < -0.39 is 10.8 Å². The Morgan fingerprint density at radius 1 is 1.30 bits per heavy atom. The van der Waals surface area contributed by atoms with Crippen molar-refractivity contribution in [3.63, 3.8) is 0 Å². The van der Waals surface area contributed by atoms with Crippen LogP contribution in [0.25, 0.3) is 0 Å². The molecule has 20 heavy (non-hydrogen) atoms.